The van der Waals surface area contributed by atoms with Crippen LogP contribution in [0.3, 0.4) is 0 Å². The highest BCUT2D eigenvalue weighted by atomic mass is 16.7. The number of carbonyl (C=O) groups is 1. The first-order chi connectivity index (χ1) is 8.17. The maximum atomic E-state index is 11.5. The topological polar surface area (TPSA) is 71.9 Å². The molecule has 0 amide bonds. The van der Waals surface area contributed by atoms with Crippen molar-refractivity contribution >= 4 is 5.97 Å². The van der Waals surface area contributed by atoms with Crippen LogP contribution in [0.25, 0.3) is 0 Å². The van der Waals surface area contributed by atoms with E-state index < -0.39 is 17.7 Å². The summed E-state index contributed by atoms with van der Waals surface area (Å²) in [4.78, 5) is 11.5. The molecule has 0 unspecified atom stereocenters. The second-order valence-electron chi connectivity index (χ2n) is 3.61. The first kappa shape index (κ1) is 11.4. The number of carbonyl (C=O) groups excluding carboxylic acids is 1. The summed E-state index contributed by atoms with van der Waals surface area (Å²) < 4.78 is 14.8. The van der Waals surface area contributed by atoms with Gasteiger partial charge in [-0.05, 0) is 17.7 Å². The van der Waals surface area contributed by atoms with Crippen LogP contribution in [-0.4, -0.2) is 25.8 Å². The fourth-order valence-corrected chi connectivity index (χ4v) is 1.70. The van der Waals surface area contributed by atoms with Gasteiger partial charge < -0.3 is 14.2 Å². The summed E-state index contributed by atoms with van der Waals surface area (Å²) in [6.45, 7) is 0. The molecule has 88 valence electrons. The fourth-order valence-electron chi connectivity index (χ4n) is 1.70. The zero-order valence-corrected chi connectivity index (χ0v) is 9.47. The Morgan fingerprint density at radius 1 is 1.53 bits per heavy atom. The van der Waals surface area contributed by atoms with Crippen molar-refractivity contribution < 1.29 is 19.0 Å². The van der Waals surface area contributed by atoms with E-state index in [0.717, 1.165) is 5.56 Å². The average Bonchev–Trinajstić information content (AvgIpc) is 3.14. The van der Waals surface area contributed by atoms with E-state index in [1.165, 1.54) is 7.11 Å². The predicted molar refractivity (Wildman–Crippen MR) is 57.2 cm³/mol. The molecule has 0 bridgehead atoms. The van der Waals surface area contributed by atoms with Gasteiger partial charge in [0.25, 0.3) is 5.60 Å². The molecule has 1 fully saturated rings. The van der Waals surface area contributed by atoms with Gasteiger partial charge >= 0.3 is 5.97 Å². The predicted octanol–water partition coefficient (Wildman–Crippen LogP) is 1.20. The van der Waals surface area contributed by atoms with Crippen LogP contribution in [0.1, 0.15) is 11.7 Å². The van der Waals surface area contributed by atoms with Gasteiger partial charge in [0.15, 0.2) is 0 Å². The van der Waals surface area contributed by atoms with Crippen molar-refractivity contribution in [3.63, 3.8) is 0 Å². The lowest BCUT2D eigenvalue weighted by atomic mass is 10.0. The average molecular weight is 233 g/mol. The lowest BCUT2D eigenvalue weighted by Gasteiger charge is -2.03. The summed E-state index contributed by atoms with van der Waals surface area (Å²) >= 11 is 0. The van der Waals surface area contributed by atoms with Gasteiger partial charge in [0.1, 0.15) is 17.9 Å². The van der Waals surface area contributed by atoms with Crippen LogP contribution in [0, 0.1) is 11.3 Å². The van der Waals surface area contributed by atoms with Gasteiger partial charge in [-0.2, -0.15) is 5.26 Å². The van der Waals surface area contributed by atoms with Crippen molar-refractivity contribution in [1.29, 1.82) is 5.26 Å². The maximum Gasteiger partial charge on any atom is 0.356 e. The highest BCUT2D eigenvalue weighted by Gasteiger charge is 2.65. The van der Waals surface area contributed by atoms with Crippen molar-refractivity contribution in [2.24, 2.45) is 0 Å². The molecule has 1 aliphatic rings. The fraction of sp³-hybridized carbons (Fsp3) is 0.333. The Bertz CT molecular complexity index is 494. The highest BCUT2D eigenvalue weighted by molar-refractivity contribution is 5.87. The van der Waals surface area contributed by atoms with Crippen molar-refractivity contribution in [3.8, 4) is 11.8 Å². The van der Waals surface area contributed by atoms with Gasteiger partial charge in [-0.1, -0.05) is 12.1 Å². The van der Waals surface area contributed by atoms with Crippen LogP contribution >= 0.6 is 0 Å². The summed E-state index contributed by atoms with van der Waals surface area (Å²) in [5, 5.41) is 9.01. The molecule has 0 aliphatic carbocycles. The molecule has 0 spiro atoms. The minimum Gasteiger partial charge on any atom is -0.497 e. The van der Waals surface area contributed by atoms with Crippen molar-refractivity contribution in [1.82, 2.24) is 0 Å². The van der Waals surface area contributed by atoms with Gasteiger partial charge in [0.05, 0.1) is 14.2 Å². The number of methoxy groups -OCH3 is 2. The van der Waals surface area contributed by atoms with Crippen LogP contribution in [0.5, 0.6) is 5.75 Å². The number of hydrogen-bond acceptors (Lipinski definition) is 5. The third-order valence-corrected chi connectivity index (χ3v) is 2.67. The molecule has 1 heterocycles. The first-order valence-corrected chi connectivity index (χ1v) is 4.99. The summed E-state index contributed by atoms with van der Waals surface area (Å²) in [5.41, 5.74) is -0.780. The molecular formula is C12H11NO4. The van der Waals surface area contributed by atoms with E-state index in [2.05, 4.69) is 4.74 Å². The molecular weight excluding hydrogens is 222 g/mol. The quantitative estimate of drug-likeness (QED) is 0.579. The van der Waals surface area contributed by atoms with Crippen molar-refractivity contribution in [3.05, 3.63) is 29.8 Å². The van der Waals surface area contributed by atoms with E-state index in [1.807, 2.05) is 6.07 Å². The molecule has 2 rings (SSSR count). The molecule has 2 atom stereocenters. The lowest BCUT2D eigenvalue weighted by molar-refractivity contribution is -0.144. The molecule has 5 heteroatoms. The second kappa shape index (κ2) is 4.07. The van der Waals surface area contributed by atoms with Gasteiger partial charge in [0.2, 0.25) is 0 Å². The van der Waals surface area contributed by atoms with E-state index >= 15 is 0 Å². The molecule has 5 nitrogen and oxygen atoms in total. The normalized spacial score (nSPS) is 25.8. The zero-order valence-electron chi connectivity index (χ0n) is 9.47. The Kier molecular flexibility index (Phi) is 2.74. The Balaban J connectivity index is 2.27. The summed E-state index contributed by atoms with van der Waals surface area (Å²) in [6.07, 6.45) is -0.588. The number of benzene rings is 1. The molecule has 1 aromatic rings. The number of esters is 1. The van der Waals surface area contributed by atoms with Crippen molar-refractivity contribution in [2.75, 3.05) is 14.2 Å². The van der Waals surface area contributed by atoms with Crippen LogP contribution in [0.2, 0.25) is 0 Å². The van der Waals surface area contributed by atoms with Gasteiger partial charge in [-0.3, -0.25) is 0 Å². The third kappa shape index (κ3) is 1.73. The number of rotatable bonds is 3. The summed E-state index contributed by atoms with van der Waals surface area (Å²) in [6, 6.07) is 8.90. The number of epoxide rings is 1. The third-order valence-electron chi connectivity index (χ3n) is 2.67. The monoisotopic (exact) mass is 233 g/mol. The molecule has 1 saturated heterocycles. The minimum absolute atomic E-state index is 0.588. The molecule has 1 aromatic carbocycles. The largest absolute Gasteiger partial charge is 0.497 e. The highest BCUT2D eigenvalue weighted by Crippen LogP contribution is 2.50. The lowest BCUT2D eigenvalue weighted by Crippen LogP contribution is -2.24. The van der Waals surface area contributed by atoms with Crippen molar-refractivity contribution in [2.45, 2.75) is 11.7 Å². The number of nitrogens with zero attached hydrogens (tertiary/aromatic N) is 1. The molecule has 0 radical (unpaired) electrons. The standard InChI is InChI=1S/C12H11NO4/c1-15-9-5-3-4-8(6-9)10-12(7-13,17-10)11(14)16-2/h3-6,10H,1-2H3/t10-,12+/m1/s1. The molecule has 0 saturated carbocycles. The number of hydrogen-bond donors (Lipinski definition) is 0. The molecule has 0 N–H and O–H groups in total. The number of nitriles is 1. The van der Waals surface area contributed by atoms with Crippen LogP contribution in [-0.2, 0) is 14.3 Å². The van der Waals surface area contributed by atoms with E-state index in [1.54, 1.807) is 31.4 Å². The van der Waals surface area contributed by atoms with E-state index in [-0.39, 0.29) is 0 Å². The minimum atomic E-state index is -1.50. The van der Waals surface area contributed by atoms with E-state index in [0.29, 0.717) is 5.75 Å². The number of ether oxygens (including phenoxy) is 3. The summed E-state index contributed by atoms with van der Waals surface area (Å²) in [7, 11) is 2.77. The van der Waals surface area contributed by atoms with Crippen LogP contribution in [0.4, 0.5) is 0 Å². The summed E-state index contributed by atoms with van der Waals surface area (Å²) in [5.74, 6) is -0.0254. The van der Waals surface area contributed by atoms with Gasteiger partial charge in [-0.25, -0.2) is 4.79 Å². The van der Waals surface area contributed by atoms with E-state index in [9.17, 15) is 4.79 Å². The molecule has 0 aromatic heterocycles. The molecule has 1 aliphatic heterocycles. The van der Waals surface area contributed by atoms with E-state index in [4.69, 9.17) is 14.7 Å². The second-order valence-corrected chi connectivity index (χ2v) is 3.61. The SMILES string of the molecule is COC(=O)[C@@]1(C#N)O[C@@H]1c1cccc(OC)c1. The Morgan fingerprint density at radius 2 is 2.29 bits per heavy atom. The van der Waals surface area contributed by atoms with Gasteiger partial charge in [0, 0.05) is 0 Å². The van der Waals surface area contributed by atoms with Crippen LogP contribution in [0.15, 0.2) is 24.3 Å². The Morgan fingerprint density at radius 3 is 2.88 bits per heavy atom. The Labute approximate surface area is 98.5 Å². The smallest absolute Gasteiger partial charge is 0.356 e. The van der Waals surface area contributed by atoms with Crippen LogP contribution < -0.4 is 4.74 Å². The Hall–Kier alpha value is -2.06. The molecule has 17 heavy (non-hydrogen) atoms. The van der Waals surface area contributed by atoms with Gasteiger partial charge in [-0.15, -0.1) is 0 Å². The zero-order chi connectivity index (χ0) is 12.5. The maximum absolute atomic E-state index is 11.5. The first-order valence-electron chi connectivity index (χ1n) is 4.99.